The third-order valence-electron chi connectivity index (χ3n) is 4.19. The molecule has 6 nitrogen and oxygen atoms in total. The van der Waals surface area contributed by atoms with Crippen LogP contribution in [-0.2, 0) is 0 Å². The maximum atomic E-state index is 12.4. The molecule has 1 aliphatic rings. The second kappa shape index (κ2) is 6.67. The Morgan fingerprint density at radius 3 is 2.81 bits per heavy atom. The molecule has 1 aromatic carbocycles. The lowest BCUT2D eigenvalue weighted by Crippen LogP contribution is -2.44. The molecular formula is C15H21N3O3. The predicted octanol–water partition coefficient (Wildman–Crippen LogP) is 2.15. The van der Waals surface area contributed by atoms with E-state index in [-0.39, 0.29) is 29.1 Å². The Morgan fingerprint density at radius 2 is 2.14 bits per heavy atom. The third-order valence-corrected chi connectivity index (χ3v) is 4.19. The van der Waals surface area contributed by atoms with E-state index in [1.165, 1.54) is 6.07 Å². The Hall–Kier alpha value is -1.95. The SMILES string of the molecule is Cc1cccc(C(=O)NC2CCCCC2CN)c1[N+](=O)[O-]. The van der Waals surface area contributed by atoms with E-state index < -0.39 is 4.92 Å². The summed E-state index contributed by atoms with van der Waals surface area (Å²) in [5, 5.41) is 14.1. The van der Waals surface area contributed by atoms with Gasteiger partial charge in [-0.15, -0.1) is 0 Å². The minimum atomic E-state index is -0.495. The number of nitrogens with two attached hydrogens (primary N) is 1. The van der Waals surface area contributed by atoms with Crippen molar-refractivity contribution >= 4 is 11.6 Å². The van der Waals surface area contributed by atoms with Crippen molar-refractivity contribution in [2.24, 2.45) is 11.7 Å². The Kier molecular flexibility index (Phi) is 4.90. The van der Waals surface area contributed by atoms with Crippen molar-refractivity contribution < 1.29 is 9.72 Å². The van der Waals surface area contributed by atoms with Crippen LogP contribution in [0.15, 0.2) is 18.2 Å². The molecule has 2 rings (SSSR count). The molecule has 0 bridgehead atoms. The van der Waals surface area contributed by atoms with Gasteiger partial charge in [-0.3, -0.25) is 14.9 Å². The fourth-order valence-electron chi connectivity index (χ4n) is 3.01. The number of carbonyl (C=O) groups excluding carboxylic acids is 1. The molecule has 2 atom stereocenters. The molecule has 1 amide bonds. The highest BCUT2D eigenvalue weighted by Crippen LogP contribution is 2.26. The first-order valence-corrected chi connectivity index (χ1v) is 7.29. The summed E-state index contributed by atoms with van der Waals surface area (Å²) in [7, 11) is 0. The number of hydrogen-bond donors (Lipinski definition) is 2. The van der Waals surface area contributed by atoms with Crippen molar-refractivity contribution in [3.8, 4) is 0 Å². The van der Waals surface area contributed by atoms with Crippen molar-refractivity contribution in [3.63, 3.8) is 0 Å². The van der Waals surface area contributed by atoms with Crippen molar-refractivity contribution in [2.45, 2.75) is 38.6 Å². The summed E-state index contributed by atoms with van der Waals surface area (Å²) in [4.78, 5) is 23.1. The van der Waals surface area contributed by atoms with E-state index >= 15 is 0 Å². The van der Waals surface area contributed by atoms with Gasteiger partial charge in [0.2, 0.25) is 0 Å². The number of amides is 1. The molecule has 0 aliphatic heterocycles. The molecule has 3 N–H and O–H groups in total. The highest BCUT2D eigenvalue weighted by Gasteiger charge is 2.28. The van der Waals surface area contributed by atoms with Gasteiger partial charge in [0.15, 0.2) is 0 Å². The maximum absolute atomic E-state index is 12.4. The maximum Gasteiger partial charge on any atom is 0.285 e. The van der Waals surface area contributed by atoms with Crippen LogP contribution < -0.4 is 11.1 Å². The highest BCUT2D eigenvalue weighted by molar-refractivity contribution is 5.98. The summed E-state index contributed by atoms with van der Waals surface area (Å²) in [5.74, 6) is -0.123. The van der Waals surface area contributed by atoms with E-state index in [2.05, 4.69) is 5.32 Å². The first-order chi connectivity index (χ1) is 10.0. The van der Waals surface area contributed by atoms with Crippen molar-refractivity contribution in [1.82, 2.24) is 5.32 Å². The van der Waals surface area contributed by atoms with E-state index in [0.717, 1.165) is 25.7 Å². The number of nitrogens with zero attached hydrogens (tertiary/aromatic N) is 1. The predicted molar refractivity (Wildman–Crippen MR) is 80.1 cm³/mol. The lowest BCUT2D eigenvalue weighted by molar-refractivity contribution is -0.385. The first kappa shape index (κ1) is 15.4. The van der Waals surface area contributed by atoms with Gasteiger partial charge in [-0.05, 0) is 38.3 Å². The molecule has 0 heterocycles. The third kappa shape index (κ3) is 3.39. The molecule has 0 spiro atoms. The lowest BCUT2D eigenvalue weighted by atomic mass is 9.84. The zero-order valence-electron chi connectivity index (χ0n) is 12.2. The van der Waals surface area contributed by atoms with Crippen molar-refractivity contribution in [2.75, 3.05) is 6.54 Å². The number of nitrogens with one attached hydrogen (secondary N) is 1. The highest BCUT2D eigenvalue weighted by atomic mass is 16.6. The zero-order valence-corrected chi connectivity index (χ0v) is 12.2. The van der Waals surface area contributed by atoms with Gasteiger partial charge in [-0.25, -0.2) is 0 Å². The standard InChI is InChI=1S/C15H21N3O3/c1-10-5-4-7-12(14(10)18(20)21)15(19)17-13-8-3-2-6-11(13)9-16/h4-5,7,11,13H,2-3,6,8-9,16H2,1H3,(H,17,19). The average Bonchev–Trinajstić information content (AvgIpc) is 2.47. The van der Waals surface area contributed by atoms with Gasteiger partial charge in [0.1, 0.15) is 5.56 Å². The molecular weight excluding hydrogens is 270 g/mol. The molecule has 21 heavy (non-hydrogen) atoms. The molecule has 1 saturated carbocycles. The molecule has 0 aromatic heterocycles. The normalized spacial score (nSPS) is 21.8. The zero-order chi connectivity index (χ0) is 15.4. The van der Waals surface area contributed by atoms with Crippen LogP contribution in [0.25, 0.3) is 0 Å². The number of carbonyl (C=O) groups is 1. The van der Waals surface area contributed by atoms with E-state index in [1.807, 2.05) is 0 Å². The van der Waals surface area contributed by atoms with Gasteiger partial charge in [0.05, 0.1) is 4.92 Å². The average molecular weight is 291 g/mol. The summed E-state index contributed by atoms with van der Waals surface area (Å²) in [5.41, 5.74) is 6.25. The second-order valence-corrected chi connectivity index (χ2v) is 5.59. The molecule has 1 aliphatic carbocycles. The molecule has 6 heteroatoms. The lowest BCUT2D eigenvalue weighted by Gasteiger charge is -2.31. The van der Waals surface area contributed by atoms with Gasteiger partial charge in [-0.1, -0.05) is 25.0 Å². The monoisotopic (exact) mass is 291 g/mol. The Morgan fingerprint density at radius 1 is 1.43 bits per heavy atom. The van der Waals surface area contributed by atoms with Crippen LogP contribution in [0, 0.1) is 23.0 Å². The van der Waals surface area contributed by atoms with E-state index in [1.54, 1.807) is 19.1 Å². The molecule has 114 valence electrons. The second-order valence-electron chi connectivity index (χ2n) is 5.59. The van der Waals surface area contributed by atoms with Gasteiger partial charge in [0, 0.05) is 11.6 Å². The van der Waals surface area contributed by atoms with Crippen LogP contribution in [0.5, 0.6) is 0 Å². The summed E-state index contributed by atoms with van der Waals surface area (Å²) in [6.07, 6.45) is 4.06. The van der Waals surface area contributed by atoms with Gasteiger partial charge in [-0.2, -0.15) is 0 Å². The van der Waals surface area contributed by atoms with E-state index in [9.17, 15) is 14.9 Å². The van der Waals surface area contributed by atoms with Gasteiger partial charge < -0.3 is 11.1 Å². The number of nitro groups is 1. The van der Waals surface area contributed by atoms with Crippen LogP contribution in [0.4, 0.5) is 5.69 Å². The molecule has 2 unspecified atom stereocenters. The quantitative estimate of drug-likeness (QED) is 0.656. The number of para-hydroxylation sites is 1. The smallest absolute Gasteiger partial charge is 0.285 e. The van der Waals surface area contributed by atoms with Crippen LogP contribution in [-0.4, -0.2) is 23.4 Å². The molecule has 0 saturated heterocycles. The summed E-state index contributed by atoms with van der Waals surface area (Å²) in [6, 6.07) is 4.81. The van der Waals surface area contributed by atoms with Crippen molar-refractivity contribution in [1.29, 1.82) is 0 Å². The topological polar surface area (TPSA) is 98.3 Å². The Balaban J connectivity index is 2.20. The minimum Gasteiger partial charge on any atom is -0.349 e. The van der Waals surface area contributed by atoms with Crippen LogP contribution in [0.1, 0.15) is 41.6 Å². The number of rotatable bonds is 4. The summed E-state index contributed by atoms with van der Waals surface area (Å²) < 4.78 is 0. The number of nitro benzene ring substituents is 1. The van der Waals surface area contributed by atoms with Gasteiger partial charge in [0.25, 0.3) is 11.6 Å². The summed E-state index contributed by atoms with van der Waals surface area (Å²) >= 11 is 0. The fourth-order valence-corrected chi connectivity index (χ4v) is 3.01. The van der Waals surface area contributed by atoms with Crippen LogP contribution in [0.2, 0.25) is 0 Å². The number of aryl methyl sites for hydroxylation is 1. The van der Waals surface area contributed by atoms with Crippen LogP contribution in [0.3, 0.4) is 0 Å². The molecule has 1 fully saturated rings. The number of benzene rings is 1. The van der Waals surface area contributed by atoms with Crippen molar-refractivity contribution in [3.05, 3.63) is 39.4 Å². The number of hydrogen-bond acceptors (Lipinski definition) is 4. The Labute approximate surface area is 123 Å². The van der Waals surface area contributed by atoms with E-state index in [0.29, 0.717) is 12.1 Å². The minimum absolute atomic E-state index is 0.0105. The van der Waals surface area contributed by atoms with E-state index in [4.69, 9.17) is 5.73 Å². The summed E-state index contributed by atoms with van der Waals surface area (Å²) in [6.45, 7) is 2.17. The fraction of sp³-hybridized carbons (Fsp3) is 0.533. The van der Waals surface area contributed by atoms with Crippen LogP contribution >= 0.6 is 0 Å². The molecule has 1 aromatic rings. The molecule has 0 radical (unpaired) electrons. The largest absolute Gasteiger partial charge is 0.349 e. The Bertz CT molecular complexity index is 545. The van der Waals surface area contributed by atoms with Gasteiger partial charge >= 0.3 is 0 Å². The first-order valence-electron chi connectivity index (χ1n) is 7.29.